The van der Waals surface area contributed by atoms with Gasteiger partial charge in [-0.05, 0) is 31.9 Å². The van der Waals surface area contributed by atoms with Crippen LogP contribution in [0.2, 0.25) is 0 Å². The van der Waals surface area contributed by atoms with E-state index in [4.69, 9.17) is 9.47 Å². The van der Waals surface area contributed by atoms with E-state index in [-0.39, 0.29) is 23.6 Å². The second kappa shape index (κ2) is 9.24. The highest BCUT2D eigenvalue weighted by Crippen LogP contribution is 2.22. The van der Waals surface area contributed by atoms with Crippen LogP contribution >= 0.6 is 0 Å². The van der Waals surface area contributed by atoms with E-state index in [1.165, 1.54) is 7.11 Å². The molecule has 1 amide bonds. The van der Waals surface area contributed by atoms with E-state index in [2.05, 4.69) is 22.3 Å². The van der Waals surface area contributed by atoms with Crippen molar-refractivity contribution in [1.29, 1.82) is 0 Å². The second-order valence-electron chi connectivity index (χ2n) is 7.54. The molecule has 0 saturated carbocycles. The van der Waals surface area contributed by atoms with Gasteiger partial charge in [-0.25, -0.2) is 0 Å². The number of benzene rings is 1. The standard InChI is InChI=1S/C22H29N3O4/c1-15-9-16(2)22(17(3)10-15)23-21(27)14-25-13-20(28-4)19(26)11-18(25)12-24-5-7-29-8-6-24/h9-11,13H,5-8,12,14H2,1-4H3,(H,23,27). The van der Waals surface area contributed by atoms with Crippen LogP contribution in [0.25, 0.3) is 0 Å². The molecule has 2 heterocycles. The van der Waals surface area contributed by atoms with Crippen molar-refractivity contribution in [2.45, 2.75) is 33.9 Å². The van der Waals surface area contributed by atoms with Crippen molar-refractivity contribution in [1.82, 2.24) is 9.47 Å². The summed E-state index contributed by atoms with van der Waals surface area (Å²) in [6, 6.07) is 5.66. The third-order valence-corrected chi connectivity index (χ3v) is 5.15. The maximum absolute atomic E-state index is 12.8. The molecule has 0 bridgehead atoms. The molecule has 1 saturated heterocycles. The number of carbonyl (C=O) groups excluding carboxylic acids is 1. The fraction of sp³-hybridized carbons (Fsp3) is 0.455. The first-order chi connectivity index (χ1) is 13.9. The van der Waals surface area contributed by atoms with Crippen LogP contribution in [0, 0.1) is 20.8 Å². The van der Waals surface area contributed by atoms with Crippen LogP contribution in [0.3, 0.4) is 0 Å². The Morgan fingerprint density at radius 1 is 1.14 bits per heavy atom. The average Bonchev–Trinajstić information content (AvgIpc) is 2.67. The van der Waals surface area contributed by atoms with E-state index in [1.807, 2.05) is 20.8 Å². The molecule has 1 aromatic carbocycles. The van der Waals surface area contributed by atoms with E-state index >= 15 is 0 Å². The summed E-state index contributed by atoms with van der Waals surface area (Å²) in [6.07, 6.45) is 1.62. The van der Waals surface area contributed by atoms with Crippen molar-refractivity contribution in [3.05, 3.63) is 57.0 Å². The molecular weight excluding hydrogens is 370 g/mol. The molecule has 7 heteroatoms. The maximum atomic E-state index is 12.8. The first-order valence-corrected chi connectivity index (χ1v) is 9.82. The molecule has 2 aromatic rings. The number of pyridine rings is 1. The molecule has 1 N–H and O–H groups in total. The molecule has 0 spiro atoms. The van der Waals surface area contributed by atoms with Gasteiger partial charge in [0.1, 0.15) is 6.54 Å². The van der Waals surface area contributed by atoms with Gasteiger partial charge in [-0.3, -0.25) is 14.5 Å². The molecule has 3 rings (SSSR count). The summed E-state index contributed by atoms with van der Waals surface area (Å²) < 4.78 is 12.4. The zero-order valence-electron chi connectivity index (χ0n) is 17.6. The number of methoxy groups -OCH3 is 1. The quantitative estimate of drug-likeness (QED) is 0.807. The lowest BCUT2D eigenvalue weighted by molar-refractivity contribution is -0.116. The number of carbonyl (C=O) groups is 1. The first kappa shape index (κ1) is 21.1. The summed E-state index contributed by atoms with van der Waals surface area (Å²) in [5.41, 5.74) is 4.66. The van der Waals surface area contributed by atoms with Crippen LogP contribution in [-0.2, 0) is 22.6 Å². The lowest BCUT2D eigenvalue weighted by Gasteiger charge is -2.27. The largest absolute Gasteiger partial charge is 0.491 e. The highest BCUT2D eigenvalue weighted by Gasteiger charge is 2.16. The van der Waals surface area contributed by atoms with Crippen LogP contribution in [0.4, 0.5) is 5.69 Å². The topological polar surface area (TPSA) is 72.8 Å². The first-order valence-electron chi connectivity index (χ1n) is 9.82. The Morgan fingerprint density at radius 2 is 1.79 bits per heavy atom. The van der Waals surface area contributed by atoms with Crippen LogP contribution in [0.1, 0.15) is 22.4 Å². The second-order valence-corrected chi connectivity index (χ2v) is 7.54. The Bertz CT molecular complexity index is 923. The number of morpholine rings is 1. The predicted octanol–water partition coefficient (Wildman–Crippen LogP) is 2.25. The molecule has 156 valence electrons. The Kier molecular flexibility index (Phi) is 6.71. The molecule has 1 aromatic heterocycles. The normalized spacial score (nSPS) is 14.6. The lowest BCUT2D eigenvalue weighted by Crippen LogP contribution is -2.37. The zero-order valence-corrected chi connectivity index (χ0v) is 17.6. The highest BCUT2D eigenvalue weighted by atomic mass is 16.5. The van der Waals surface area contributed by atoms with Crippen LogP contribution in [-0.4, -0.2) is 48.8 Å². The molecule has 0 radical (unpaired) electrons. The van der Waals surface area contributed by atoms with Crippen molar-refractivity contribution in [3.8, 4) is 5.75 Å². The number of nitrogens with zero attached hydrogens (tertiary/aromatic N) is 2. The zero-order chi connectivity index (χ0) is 21.0. The van der Waals surface area contributed by atoms with Crippen molar-refractivity contribution in [2.75, 3.05) is 38.7 Å². The summed E-state index contributed by atoms with van der Waals surface area (Å²) in [6.45, 7) is 9.64. The van der Waals surface area contributed by atoms with Crippen molar-refractivity contribution >= 4 is 11.6 Å². The van der Waals surface area contributed by atoms with E-state index < -0.39 is 0 Å². The summed E-state index contributed by atoms with van der Waals surface area (Å²) >= 11 is 0. The molecule has 1 aliphatic heterocycles. The predicted molar refractivity (Wildman–Crippen MR) is 113 cm³/mol. The number of hydrogen-bond donors (Lipinski definition) is 1. The number of nitrogens with one attached hydrogen (secondary N) is 1. The van der Waals surface area contributed by atoms with Gasteiger partial charge in [-0.1, -0.05) is 17.7 Å². The molecule has 0 aliphatic carbocycles. The molecular formula is C22H29N3O4. The molecule has 1 aliphatic rings. The lowest BCUT2D eigenvalue weighted by atomic mass is 10.1. The van der Waals surface area contributed by atoms with E-state index in [1.54, 1.807) is 16.8 Å². The third kappa shape index (κ3) is 5.25. The Balaban J connectivity index is 1.82. The van der Waals surface area contributed by atoms with E-state index in [0.717, 1.165) is 41.2 Å². The number of rotatable bonds is 6. The minimum Gasteiger partial charge on any atom is -0.491 e. The minimum absolute atomic E-state index is 0.100. The van der Waals surface area contributed by atoms with Gasteiger partial charge < -0.3 is 19.4 Å². The fourth-order valence-electron chi connectivity index (χ4n) is 3.73. The number of aromatic nitrogens is 1. The Hall–Kier alpha value is -2.64. The van der Waals surface area contributed by atoms with Gasteiger partial charge in [-0.15, -0.1) is 0 Å². The molecule has 1 fully saturated rings. The summed E-state index contributed by atoms with van der Waals surface area (Å²) in [7, 11) is 1.46. The number of aryl methyl sites for hydroxylation is 3. The van der Waals surface area contributed by atoms with Crippen molar-refractivity contribution in [3.63, 3.8) is 0 Å². The van der Waals surface area contributed by atoms with Gasteiger partial charge in [0.25, 0.3) is 0 Å². The van der Waals surface area contributed by atoms with Gasteiger partial charge in [0.2, 0.25) is 11.3 Å². The van der Waals surface area contributed by atoms with Gasteiger partial charge in [0.15, 0.2) is 5.75 Å². The van der Waals surface area contributed by atoms with Crippen LogP contribution in [0.15, 0.2) is 29.2 Å². The Morgan fingerprint density at radius 3 is 2.41 bits per heavy atom. The molecule has 0 unspecified atom stereocenters. The summed E-state index contributed by atoms with van der Waals surface area (Å²) in [5.74, 6) is 0.0835. The smallest absolute Gasteiger partial charge is 0.244 e. The number of amides is 1. The number of ether oxygens (including phenoxy) is 2. The fourth-order valence-corrected chi connectivity index (χ4v) is 3.73. The molecule has 7 nitrogen and oxygen atoms in total. The Labute approximate surface area is 171 Å². The highest BCUT2D eigenvalue weighted by molar-refractivity contribution is 5.92. The van der Waals surface area contributed by atoms with Gasteiger partial charge >= 0.3 is 0 Å². The SMILES string of the molecule is COc1cn(CC(=O)Nc2c(C)cc(C)cc2C)c(CN2CCOCC2)cc1=O. The average molecular weight is 399 g/mol. The van der Waals surface area contributed by atoms with Crippen LogP contribution < -0.4 is 15.5 Å². The van der Waals surface area contributed by atoms with E-state index in [0.29, 0.717) is 19.8 Å². The van der Waals surface area contributed by atoms with Crippen LogP contribution in [0.5, 0.6) is 5.75 Å². The maximum Gasteiger partial charge on any atom is 0.244 e. The minimum atomic E-state index is -0.183. The monoisotopic (exact) mass is 399 g/mol. The summed E-state index contributed by atoms with van der Waals surface area (Å²) in [4.78, 5) is 27.3. The van der Waals surface area contributed by atoms with Gasteiger partial charge in [0, 0.05) is 37.1 Å². The van der Waals surface area contributed by atoms with Crippen molar-refractivity contribution in [2.24, 2.45) is 0 Å². The summed E-state index contributed by atoms with van der Waals surface area (Å²) in [5, 5.41) is 3.02. The molecule has 29 heavy (non-hydrogen) atoms. The molecule has 0 atom stereocenters. The van der Waals surface area contributed by atoms with Gasteiger partial charge in [0.05, 0.1) is 26.5 Å². The van der Waals surface area contributed by atoms with Crippen molar-refractivity contribution < 1.29 is 14.3 Å². The van der Waals surface area contributed by atoms with E-state index in [9.17, 15) is 9.59 Å². The number of hydrogen-bond acceptors (Lipinski definition) is 5. The number of anilines is 1. The van der Waals surface area contributed by atoms with Gasteiger partial charge in [-0.2, -0.15) is 0 Å². The third-order valence-electron chi connectivity index (χ3n) is 5.15.